The van der Waals surface area contributed by atoms with Crippen LogP contribution < -0.4 is 0 Å². The van der Waals surface area contributed by atoms with Crippen LogP contribution in [-0.4, -0.2) is 24.1 Å². The fourth-order valence-electron chi connectivity index (χ4n) is 1.87. The van der Waals surface area contributed by atoms with Crippen LogP contribution in [0.1, 0.15) is 46.0 Å². The van der Waals surface area contributed by atoms with Gasteiger partial charge in [0.15, 0.2) is 0 Å². The summed E-state index contributed by atoms with van der Waals surface area (Å²) >= 11 is 0. The molecule has 0 amide bonds. The van der Waals surface area contributed by atoms with Crippen LogP contribution in [0.2, 0.25) is 0 Å². The molecule has 4 nitrogen and oxygen atoms in total. The van der Waals surface area contributed by atoms with Crippen molar-refractivity contribution in [2.45, 2.75) is 57.7 Å². The number of carbonyl (C=O) groups excluding carboxylic acids is 2. The predicted octanol–water partition coefficient (Wildman–Crippen LogP) is 1.72. The molecule has 0 aromatic heterocycles. The van der Waals surface area contributed by atoms with Gasteiger partial charge in [0.25, 0.3) is 0 Å². The quantitative estimate of drug-likeness (QED) is 0.667. The summed E-state index contributed by atoms with van der Waals surface area (Å²) in [5, 5.41) is 0. The van der Waals surface area contributed by atoms with E-state index in [9.17, 15) is 9.59 Å². The summed E-state index contributed by atoms with van der Waals surface area (Å²) in [6.45, 7) is 4.94. The van der Waals surface area contributed by atoms with Crippen LogP contribution in [0.15, 0.2) is 0 Å². The van der Waals surface area contributed by atoms with E-state index in [0.717, 1.165) is 19.3 Å². The average Bonchev–Trinajstić information content (AvgIpc) is 2.18. The Morgan fingerprint density at radius 1 is 1.27 bits per heavy atom. The maximum absolute atomic E-state index is 11.8. The van der Waals surface area contributed by atoms with Crippen LogP contribution >= 0.6 is 0 Å². The van der Waals surface area contributed by atoms with Gasteiger partial charge in [0.2, 0.25) is 5.60 Å². The largest absolute Gasteiger partial charge is 0.460 e. The fraction of sp³-hybridized carbons (Fsp3) is 0.818. The first-order chi connectivity index (χ1) is 7.10. The standard InChI is InChI=1S/C11H17O4/c1-9(2)15-10(13)11(14-8-12)6-4-3-5-7-11/h9H,3-7H2,1-2H3. The maximum atomic E-state index is 11.8. The first-order valence-electron chi connectivity index (χ1n) is 5.37. The highest BCUT2D eigenvalue weighted by atomic mass is 16.6. The normalized spacial score (nSPS) is 19.7. The topological polar surface area (TPSA) is 52.6 Å². The lowest BCUT2D eigenvalue weighted by Gasteiger charge is -2.32. The maximum Gasteiger partial charge on any atom is 0.418 e. The van der Waals surface area contributed by atoms with E-state index in [1.807, 2.05) is 0 Å². The highest BCUT2D eigenvalue weighted by Crippen LogP contribution is 2.32. The van der Waals surface area contributed by atoms with Crippen molar-refractivity contribution in [2.75, 3.05) is 0 Å². The van der Waals surface area contributed by atoms with Crippen molar-refractivity contribution < 1.29 is 19.1 Å². The highest BCUT2D eigenvalue weighted by Gasteiger charge is 2.43. The Morgan fingerprint density at radius 3 is 2.33 bits per heavy atom. The number of hydrogen-bond donors (Lipinski definition) is 0. The van der Waals surface area contributed by atoms with Crippen LogP contribution in [0.25, 0.3) is 0 Å². The minimum atomic E-state index is -1.07. The van der Waals surface area contributed by atoms with Gasteiger partial charge >= 0.3 is 12.4 Å². The van der Waals surface area contributed by atoms with Crippen LogP contribution in [0.4, 0.5) is 0 Å². The average molecular weight is 213 g/mol. The molecule has 0 heterocycles. The van der Waals surface area contributed by atoms with E-state index in [4.69, 9.17) is 9.47 Å². The first kappa shape index (κ1) is 12.0. The van der Waals surface area contributed by atoms with E-state index in [2.05, 4.69) is 0 Å². The van der Waals surface area contributed by atoms with Crippen LogP contribution in [0, 0.1) is 0 Å². The summed E-state index contributed by atoms with van der Waals surface area (Å²) in [4.78, 5) is 22.1. The molecule has 0 aromatic rings. The van der Waals surface area contributed by atoms with Crippen LogP contribution in [0.5, 0.6) is 0 Å². The van der Waals surface area contributed by atoms with Crippen molar-refractivity contribution >= 4 is 12.4 Å². The molecular weight excluding hydrogens is 196 g/mol. The Balaban J connectivity index is 2.70. The van der Waals surface area contributed by atoms with Gasteiger partial charge in [-0.3, -0.25) is 0 Å². The molecule has 0 N–H and O–H groups in total. The Labute approximate surface area is 89.9 Å². The molecule has 0 aliphatic heterocycles. The third kappa shape index (κ3) is 2.94. The van der Waals surface area contributed by atoms with Gasteiger partial charge in [-0.25, -0.2) is 9.59 Å². The molecular formula is C11H17O4. The molecule has 4 heteroatoms. The van der Waals surface area contributed by atoms with E-state index < -0.39 is 11.6 Å². The van der Waals surface area contributed by atoms with Gasteiger partial charge < -0.3 is 9.47 Å². The van der Waals surface area contributed by atoms with E-state index in [0.29, 0.717) is 12.8 Å². The van der Waals surface area contributed by atoms with Crippen molar-refractivity contribution in [1.82, 2.24) is 0 Å². The molecule has 0 atom stereocenters. The summed E-state index contributed by atoms with van der Waals surface area (Å²) < 4.78 is 9.96. The summed E-state index contributed by atoms with van der Waals surface area (Å²) in [5.74, 6) is -0.430. The Morgan fingerprint density at radius 2 is 1.87 bits per heavy atom. The van der Waals surface area contributed by atoms with Crippen molar-refractivity contribution in [2.24, 2.45) is 0 Å². The zero-order valence-electron chi connectivity index (χ0n) is 9.25. The monoisotopic (exact) mass is 213 g/mol. The fourth-order valence-corrected chi connectivity index (χ4v) is 1.87. The van der Waals surface area contributed by atoms with Crippen LogP contribution in [0.3, 0.4) is 0 Å². The lowest BCUT2D eigenvalue weighted by atomic mass is 9.84. The molecule has 1 saturated carbocycles. The molecule has 0 saturated heterocycles. The van der Waals surface area contributed by atoms with Gasteiger partial charge in [-0.1, -0.05) is 6.42 Å². The Hall–Kier alpha value is -1.06. The lowest BCUT2D eigenvalue weighted by Crippen LogP contribution is -2.45. The molecule has 1 aliphatic rings. The molecule has 85 valence electrons. The van der Waals surface area contributed by atoms with Gasteiger partial charge in [0.05, 0.1) is 6.10 Å². The van der Waals surface area contributed by atoms with Gasteiger partial charge in [-0.15, -0.1) is 0 Å². The summed E-state index contributed by atoms with van der Waals surface area (Å²) in [5.41, 5.74) is -1.07. The lowest BCUT2D eigenvalue weighted by molar-refractivity contribution is -0.170. The van der Waals surface area contributed by atoms with Crippen molar-refractivity contribution in [1.29, 1.82) is 0 Å². The van der Waals surface area contributed by atoms with Crippen molar-refractivity contribution in [3.63, 3.8) is 0 Å². The number of hydrogen-bond acceptors (Lipinski definition) is 4. The van der Waals surface area contributed by atoms with Crippen molar-refractivity contribution in [3.8, 4) is 0 Å². The third-order valence-electron chi connectivity index (χ3n) is 2.61. The summed E-state index contributed by atoms with van der Waals surface area (Å²) in [6.07, 6.45) is 3.75. The molecule has 1 fully saturated rings. The molecule has 0 aromatic carbocycles. The van der Waals surface area contributed by atoms with Gasteiger partial charge in [0.1, 0.15) is 0 Å². The second kappa shape index (κ2) is 5.14. The SMILES string of the molecule is CC(C)OC(=O)C1(O[C]=O)CCCCC1. The molecule has 15 heavy (non-hydrogen) atoms. The molecule has 0 spiro atoms. The van der Waals surface area contributed by atoms with E-state index in [-0.39, 0.29) is 6.10 Å². The number of carbonyl (C=O) groups is 1. The van der Waals surface area contributed by atoms with E-state index in [1.54, 1.807) is 13.8 Å². The zero-order valence-corrected chi connectivity index (χ0v) is 9.25. The Kier molecular flexibility index (Phi) is 4.12. The zero-order chi connectivity index (χ0) is 11.3. The van der Waals surface area contributed by atoms with E-state index >= 15 is 0 Å². The van der Waals surface area contributed by atoms with Gasteiger partial charge in [-0.05, 0) is 39.5 Å². The van der Waals surface area contributed by atoms with Crippen molar-refractivity contribution in [3.05, 3.63) is 0 Å². The second-order valence-electron chi connectivity index (χ2n) is 4.19. The molecule has 1 radical (unpaired) electrons. The summed E-state index contributed by atoms with van der Waals surface area (Å²) in [6, 6.07) is 0. The second-order valence-corrected chi connectivity index (χ2v) is 4.19. The Bertz CT molecular complexity index is 229. The van der Waals surface area contributed by atoms with Crippen LogP contribution in [-0.2, 0) is 19.1 Å². The third-order valence-corrected chi connectivity index (χ3v) is 2.61. The minimum Gasteiger partial charge on any atom is -0.460 e. The van der Waals surface area contributed by atoms with E-state index in [1.165, 1.54) is 6.47 Å². The smallest absolute Gasteiger partial charge is 0.418 e. The van der Waals surface area contributed by atoms with Gasteiger partial charge in [0, 0.05) is 0 Å². The number of esters is 1. The first-order valence-corrected chi connectivity index (χ1v) is 5.37. The predicted molar refractivity (Wildman–Crippen MR) is 53.8 cm³/mol. The van der Waals surface area contributed by atoms with Gasteiger partial charge in [-0.2, -0.15) is 0 Å². The molecule has 0 bridgehead atoms. The highest BCUT2D eigenvalue weighted by molar-refractivity contribution is 5.81. The molecule has 0 unspecified atom stereocenters. The number of ether oxygens (including phenoxy) is 2. The number of rotatable bonds is 4. The minimum absolute atomic E-state index is 0.188. The molecule has 1 rings (SSSR count). The molecule has 1 aliphatic carbocycles. The summed E-state index contributed by atoms with van der Waals surface area (Å²) in [7, 11) is 0.